The Morgan fingerprint density at radius 2 is 1.59 bits per heavy atom. The SMILES string of the molecule is Cc1cc(C)c(NC(=O)CNC(=O)CNc2cc(Cl)ccc2C(=O)N2CCCC2)c(C)c1. The van der Waals surface area contributed by atoms with Gasteiger partial charge in [-0.15, -0.1) is 0 Å². The number of rotatable bonds is 7. The number of nitrogens with zero attached hydrogens (tertiary/aromatic N) is 1. The zero-order chi connectivity index (χ0) is 23.3. The molecule has 0 unspecified atom stereocenters. The van der Waals surface area contributed by atoms with Crippen molar-refractivity contribution in [3.05, 3.63) is 57.6 Å². The van der Waals surface area contributed by atoms with Crippen molar-refractivity contribution in [1.82, 2.24) is 10.2 Å². The molecule has 0 saturated carbocycles. The molecule has 2 aromatic rings. The molecule has 1 aliphatic heterocycles. The molecule has 1 aliphatic rings. The molecule has 3 amide bonds. The van der Waals surface area contributed by atoms with Crippen LogP contribution in [0.2, 0.25) is 5.02 Å². The van der Waals surface area contributed by atoms with Crippen LogP contribution in [0.3, 0.4) is 0 Å². The maximum atomic E-state index is 12.8. The van der Waals surface area contributed by atoms with E-state index in [0.29, 0.717) is 16.3 Å². The third-order valence-electron chi connectivity index (χ3n) is 5.43. The largest absolute Gasteiger partial charge is 0.375 e. The topological polar surface area (TPSA) is 90.5 Å². The molecule has 8 heteroatoms. The van der Waals surface area contributed by atoms with Crippen molar-refractivity contribution in [2.75, 3.05) is 36.8 Å². The average Bonchev–Trinajstić information content (AvgIpc) is 3.28. The Bertz CT molecular complexity index is 1010. The molecule has 170 valence electrons. The molecular formula is C24H29ClN4O3. The van der Waals surface area contributed by atoms with E-state index in [1.165, 1.54) is 0 Å². The highest BCUT2D eigenvalue weighted by molar-refractivity contribution is 6.31. The fraction of sp³-hybridized carbons (Fsp3) is 0.375. The number of anilines is 2. The maximum Gasteiger partial charge on any atom is 0.255 e. The zero-order valence-corrected chi connectivity index (χ0v) is 19.4. The van der Waals surface area contributed by atoms with Gasteiger partial charge in [0.15, 0.2) is 0 Å². The van der Waals surface area contributed by atoms with Gasteiger partial charge in [0.25, 0.3) is 5.91 Å². The van der Waals surface area contributed by atoms with Crippen molar-refractivity contribution in [2.45, 2.75) is 33.6 Å². The van der Waals surface area contributed by atoms with Gasteiger partial charge >= 0.3 is 0 Å². The summed E-state index contributed by atoms with van der Waals surface area (Å²) in [4.78, 5) is 39.2. The number of halogens is 1. The molecule has 1 heterocycles. The summed E-state index contributed by atoms with van der Waals surface area (Å²) in [5.41, 5.74) is 4.81. The van der Waals surface area contributed by atoms with Gasteiger partial charge in [-0.3, -0.25) is 14.4 Å². The molecule has 0 aliphatic carbocycles. The van der Waals surface area contributed by atoms with E-state index in [9.17, 15) is 14.4 Å². The Hall–Kier alpha value is -3.06. The van der Waals surface area contributed by atoms with Gasteiger partial charge in [0.2, 0.25) is 11.8 Å². The summed E-state index contributed by atoms with van der Waals surface area (Å²) in [6, 6.07) is 8.96. The Morgan fingerprint density at radius 3 is 2.25 bits per heavy atom. The lowest BCUT2D eigenvalue weighted by Gasteiger charge is -2.18. The van der Waals surface area contributed by atoms with Crippen LogP contribution in [-0.2, 0) is 9.59 Å². The summed E-state index contributed by atoms with van der Waals surface area (Å²) in [6.07, 6.45) is 1.99. The van der Waals surface area contributed by atoms with Crippen molar-refractivity contribution in [3.8, 4) is 0 Å². The number of aryl methyl sites for hydroxylation is 3. The second kappa shape index (κ2) is 10.5. The van der Waals surface area contributed by atoms with E-state index in [1.54, 1.807) is 23.1 Å². The molecule has 3 rings (SSSR count). The first-order chi connectivity index (χ1) is 15.2. The average molecular weight is 457 g/mol. The normalized spacial score (nSPS) is 13.1. The van der Waals surface area contributed by atoms with E-state index in [-0.39, 0.29) is 30.8 Å². The number of carbonyl (C=O) groups is 3. The molecule has 1 fully saturated rings. The Morgan fingerprint density at radius 1 is 0.938 bits per heavy atom. The third-order valence-corrected chi connectivity index (χ3v) is 5.67. The minimum atomic E-state index is -0.364. The summed E-state index contributed by atoms with van der Waals surface area (Å²) in [7, 11) is 0. The van der Waals surface area contributed by atoms with Gasteiger partial charge in [-0.2, -0.15) is 0 Å². The molecular weight excluding hydrogens is 428 g/mol. The van der Waals surface area contributed by atoms with E-state index in [2.05, 4.69) is 16.0 Å². The van der Waals surface area contributed by atoms with Crippen LogP contribution >= 0.6 is 11.6 Å². The number of hydrogen-bond acceptors (Lipinski definition) is 4. The second-order valence-electron chi connectivity index (χ2n) is 8.14. The van der Waals surface area contributed by atoms with E-state index in [0.717, 1.165) is 48.3 Å². The number of likely N-dealkylation sites (tertiary alicyclic amines) is 1. The number of benzene rings is 2. The lowest BCUT2D eigenvalue weighted by molar-refractivity contribution is -0.122. The predicted octanol–water partition coefficient (Wildman–Crippen LogP) is 3.67. The maximum absolute atomic E-state index is 12.8. The number of nitrogens with one attached hydrogen (secondary N) is 3. The van der Waals surface area contributed by atoms with Gasteiger partial charge in [-0.1, -0.05) is 29.3 Å². The summed E-state index contributed by atoms with van der Waals surface area (Å²) in [5, 5.41) is 8.90. The van der Waals surface area contributed by atoms with Crippen molar-refractivity contribution in [3.63, 3.8) is 0 Å². The van der Waals surface area contributed by atoms with Crippen LogP contribution in [0.5, 0.6) is 0 Å². The molecule has 32 heavy (non-hydrogen) atoms. The van der Waals surface area contributed by atoms with E-state index in [4.69, 9.17) is 11.6 Å². The number of hydrogen-bond donors (Lipinski definition) is 3. The first-order valence-electron chi connectivity index (χ1n) is 10.7. The molecule has 0 atom stereocenters. The highest BCUT2D eigenvalue weighted by atomic mass is 35.5. The molecule has 0 aromatic heterocycles. The first-order valence-corrected chi connectivity index (χ1v) is 11.1. The molecule has 0 spiro atoms. The van der Waals surface area contributed by atoms with Crippen LogP contribution in [0.1, 0.15) is 39.9 Å². The van der Waals surface area contributed by atoms with Gasteiger partial charge in [0.05, 0.1) is 18.7 Å². The van der Waals surface area contributed by atoms with Crippen molar-refractivity contribution in [1.29, 1.82) is 0 Å². The Labute approximate surface area is 193 Å². The highest BCUT2D eigenvalue weighted by Crippen LogP contribution is 2.24. The minimum absolute atomic E-state index is 0.0784. The highest BCUT2D eigenvalue weighted by Gasteiger charge is 2.22. The van der Waals surface area contributed by atoms with E-state index >= 15 is 0 Å². The Kier molecular flexibility index (Phi) is 7.75. The van der Waals surface area contributed by atoms with Crippen LogP contribution in [0.4, 0.5) is 11.4 Å². The van der Waals surface area contributed by atoms with Crippen molar-refractivity contribution in [2.24, 2.45) is 0 Å². The van der Waals surface area contributed by atoms with Crippen LogP contribution in [0.15, 0.2) is 30.3 Å². The van der Waals surface area contributed by atoms with Crippen LogP contribution in [0, 0.1) is 20.8 Å². The molecule has 2 aromatic carbocycles. The quantitative estimate of drug-likeness (QED) is 0.593. The number of carbonyl (C=O) groups excluding carboxylic acids is 3. The van der Waals surface area contributed by atoms with E-state index < -0.39 is 0 Å². The van der Waals surface area contributed by atoms with Crippen molar-refractivity contribution < 1.29 is 14.4 Å². The van der Waals surface area contributed by atoms with E-state index in [1.807, 2.05) is 32.9 Å². The second-order valence-corrected chi connectivity index (χ2v) is 8.58. The lowest BCUT2D eigenvalue weighted by Crippen LogP contribution is -2.36. The summed E-state index contributed by atoms with van der Waals surface area (Å²) in [6.45, 7) is 7.10. The summed E-state index contributed by atoms with van der Waals surface area (Å²) in [5.74, 6) is -0.747. The summed E-state index contributed by atoms with van der Waals surface area (Å²) < 4.78 is 0. The van der Waals surface area contributed by atoms with Gasteiger partial charge in [-0.05, 0) is 62.9 Å². The molecule has 1 saturated heterocycles. The predicted molar refractivity (Wildman–Crippen MR) is 127 cm³/mol. The minimum Gasteiger partial charge on any atom is -0.375 e. The zero-order valence-electron chi connectivity index (χ0n) is 18.7. The molecule has 7 nitrogen and oxygen atoms in total. The number of amides is 3. The standard InChI is InChI=1S/C24H29ClN4O3/c1-15-10-16(2)23(17(3)11-15)28-22(31)14-27-21(30)13-26-20-12-18(25)6-7-19(20)24(32)29-8-4-5-9-29/h6-7,10-12,26H,4-5,8-9,13-14H2,1-3H3,(H,27,30)(H,28,31). The van der Waals surface area contributed by atoms with Gasteiger partial charge in [0, 0.05) is 29.5 Å². The third kappa shape index (κ3) is 6.01. The van der Waals surface area contributed by atoms with Crippen LogP contribution in [-0.4, -0.2) is 48.8 Å². The molecule has 0 radical (unpaired) electrons. The van der Waals surface area contributed by atoms with Gasteiger partial charge < -0.3 is 20.9 Å². The van der Waals surface area contributed by atoms with Gasteiger partial charge in [0.1, 0.15) is 0 Å². The fourth-order valence-corrected chi connectivity index (χ4v) is 4.09. The fourth-order valence-electron chi connectivity index (χ4n) is 3.92. The lowest BCUT2D eigenvalue weighted by atomic mass is 10.1. The van der Waals surface area contributed by atoms with Crippen LogP contribution < -0.4 is 16.0 Å². The first kappa shape index (κ1) is 23.6. The summed E-state index contributed by atoms with van der Waals surface area (Å²) >= 11 is 6.09. The molecule has 0 bridgehead atoms. The monoisotopic (exact) mass is 456 g/mol. The van der Waals surface area contributed by atoms with Crippen LogP contribution in [0.25, 0.3) is 0 Å². The Balaban J connectivity index is 1.54. The molecule has 3 N–H and O–H groups in total. The smallest absolute Gasteiger partial charge is 0.255 e. The van der Waals surface area contributed by atoms with Gasteiger partial charge in [-0.25, -0.2) is 0 Å². The van der Waals surface area contributed by atoms with Crippen molar-refractivity contribution >= 4 is 40.7 Å².